The number of ether oxygens (including phenoxy) is 1. The molecular formula is C38H31BrN4O3. The van der Waals surface area contributed by atoms with E-state index in [4.69, 9.17) is 4.74 Å². The van der Waals surface area contributed by atoms with Gasteiger partial charge in [0.25, 0.3) is 11.1 Å². The largest absolute Gasteiger partial charge is 0.488 e. The predicted octanol–water partition coefficient (Wildman–Crippen LogP) is 8.35. The van der Waals surface area contributed by atoms with E-state index in [2.05, 4.69) is 60.6 Å². The van der Waals surface area contributed by atoms with Crippen molar-refractivity contribution in [3.8, 4) is 28.3 Å². The van der Waals surface area contributed by atoms with Crippen molar-refractivity contribution in [1.29, 1.82) is 0 Å². The highest BCUT2D eigenvalue weighted by atomic mass is 79.9. The Morgan fingerprint density at radius 1 is 0.652 bits per heavy atom. The van der Waals surface area contributed by atoms with Gasteiger partial charge in [0.05, 0.1) is 27.0 Å². The fourth-order valence-corrected chi connectivity index (χ4v) is 6.56. The summed E-state index contributed by atoms with van der Waals surface area (Å²) in [6, 6.07) is 36.0. The van der Waals surface area contributed by atoms with Crippen LogP contribution >= 0.6 is 15.9 Å². The van der Waals surface area contributed by atoms with Gasteiger partial charge in [0, 0.05) is 5.92 Å². The molecule has 0 aliphatic rings. The van der Waals surface area contributed by atoms with Crippen LogP contribution < -0.4 is 15.9 Å². The molecule has 8 heteroatoms. The van der Waals surface area contributed by atoms with Crippen LogP contribution in [0.1, 0.15) is 39.3 Å². The first-order valence-corrected chi connectivity index (χ1v) is 15.8. The molecule has 0 amide bonds. The number of hydrogen-bond donors (Lipinski definition) is 4. The van der Waals surface area contributed by atoms with E-state index in [1.165, 1.54) is 0 Å². The van der Waals surface area contributed by atoms with E-state index in [0.29, 0.717) is 39.3 Å². The van der Waals surface area contributed by atoms with Crippen LogP contribution in [-0.4, -0.2) is 20.4 Å². The zero-order valence-electron chi connectivity index (χ0n) is 25.3. The topological polar surface area (TPSA) is 107 Å². The lowest BCUT2D eigenvalue weighted by molar-refractivity contribution is 0.305. The van der Waals surface area contributed by atoms with Crippen LogP contribution in [-0.2, 0) is 6.61 Å². The Labute approximate surface area is 273 Å². The van der Waals surface area contributed by atoms with Crippen molar-refractivity contribution < 1.29 is 4.74 Å². The van der Waals surface area contributed by atoms with Gasteiger partial charge in [-0.2, -0.15) is 0 Å². The van der Waals surface area contributed by atoms with Crippen molar-refractivity contribution in [1.82, 2.24) is 20.4 Å². The molecule has 0 aliphatic carbocycles. The molecule has 2 heterocycles. The molecular weight excluding hydrogens is 640 g/mol. The van der Waals surface area contributed by atoms with Gasteiger partial charge in [-0.1, -0.05) is 108 Å². The van der Waals surface area contributed by atoms with Crippen molar-refractivity contribution in [2.75, 3.05) is 0 Å². The number of H-pyrrole nitrogens is 4. The number of aromatic nitrogens is 4. The summed E-state index contributed by atoms with van der Waals surface area (Å²) in [5.74, 6) is -0.0695. The molecule has 0 radical (unpaired) electrons. The minimum Gasteiger partial charge on any atom is -0.488 e. The number of rotatable bonds is 8. The van der Waals surface area contributed by atoms with Crippen molar-refractivity contribution in [3.05, 3.63) is 168 Å². The fourth-order valence-electron chi connectivity index (χ4n) is 6.05. The number of halogens is 1. The number of aryl methyl sites for hydroxylation is 2. The minimum atomic E-state index is -0.721. The molecule has 0 unspecified atom stereocenters. The van der Waals surface area contributed by atoms with Crippen molar-refractivity contribution in [2.24, 2.45) is 0 Å². The standard InChI is InChI=1S/C38H31BrN4O3/c1-22-10-14-25(15-11-22)35-33(37(44)42-40-35)32(34-36(41-43-38(34)45)26-16-12-23(2)13-17-26)27-18-19-31(30(39)20-27)46-21-28-8-5-7-24-6-3-4-9-29(24)28/h3-20,32H,21H2,1-2H3,(H2,40,42,44)(H2,41,43,45). The van der Waals surface area contributed by atoms with Crippen molar-refractivity contribution in [3.63, 3.8) is 0 Å². The maximum atomic E-state index is 13.7. The Balaban J connectivity index is 1.35. The third-order valence-corrected chi connectivity index (χ3v) is 9.06. The predicted molar refractivity (Wildman–Crippen MR) is 187 cm³/mol. The molecule has 7 nitrogen and oxygen atoms in total. The first-order valence-electron chi connectivity index (χ1n) is 15.0. The van der Waals surface area contributed by atoms with Crippen LogP contribution in [0.2, 0.25) is 0 Å². The molecule has 228 valence electrons. The summed E-state index contributed by atoms with van der Waals surface area (Å²) in [7, 11) is 0. The number of aromatic amines is 4. The SMILES string of the molecule is Cc1ccc(-c2[nH][nH]c(=O)c2C(c2ccc(OCc3cccc4ccccc34)c(Br)c2)c2c(-c3ccc(C)cc3)[nH][nH]c2=O)cc1. The van der Waals surface area contributed by atoms with Crippen LogP contribution in [0.15, 0.2) is 123 Å². The number of benzene rings is 5. The normalized spacial score (nSPS) is 11.4. The molecule has 46 heavy (non-hydrogen) atoms. The second kappa shape index (κ2) is 12.2. The number of nitrogens with one attached hydrogen (secondary N) is 4. The zero-order valence-corrected chi connectivity index (χ0v) is 26.9. The molecule has 4 N–H and O–H groups in total. The van der Waals surface area contributed by atoms with Gasteiger partial charge in [-0.3, -0.25) is 30.0 Å². The van der Waals surface area contributed by atoms with Crippen LogP contribution in [0.5, 0.6) is 5.75 Å². The van der Waals surface area contributed by atoms with Gasteiger partial charge in [-0.15, -0.1) is 0 Å². The summed E-state index contributed by atoms with van der Waals surface area (Å²) < 4.78 is 7.02. The minimum absolute atomic E-state index is 0.302. The first kappa shape index (κ1) is 29.4. The molecule has 7 aromatic rings. The third-order valence-electron chi connectivity index (χ3n) is 8.44. The highest BCUT2D eigenvalue weighted by Crippen LogP contribution is 2.40. The van der Waals surface area contributed by atoms with Gasteiger partial charge in [-0.05, 0) is 74.9 Å². The van der Waals surface area contributed by atoms with E-state index in [1.54, 1.807) is 0 Å². The van der Waals surface area contributed by atoms with E-state index in [-0.39, 0.29) is 11.1 Å². The smallest absolute Gasteiger partial charge is 0.268 e. The molecule has 0 saturated carbocycles. The van der Waals surface area contributed by atoms with E-state index in [9.17, 15) is 9.59 Å². The lowest BCUT2D eigenvalue weighted by atomic mass is 9.83. The van der Waals surface area contributed by atoms with Crippen LogP contribution in [0.25, 0.3) is 33.3 Å². The molecule has 0 aliphatic heterocycles. The lowest BCUT2D eigenvalue weighted by Crippen LogP contribution is -2.20. The molecule has 0 atom stereocenters. The van der Waals surface area contributed by atoms with Gasteiger partial charge in [0.2, 0.25) is 0 Å². The van der Waals surface area contributed by atoms with E-state index in [0.717, 1.165) is 44.2 Å². The molecule has 7 rings (SSSR count). The van der Waals surface area contributed by atoms with Crippen LogP contribution in [0.3, 0.4) is 0 Å². The molecule has 0 saturated heterocycles. The van der Waals surface area contributed by atoms with Crippen LogP contribution in [0, 0.1) is 13.8 Å². The average Bonchev–Trinajstić information content (AvgIpc) is 3.64. The van der Waals surface area contributed by atoms with E-state index >= 15 is 0 Å². The Morgan fingerprint density at radius 2 is 1.22 bits per heavy atom. The Bertz CT molecular complexity index is 2190. The second-order valence-electron chi connectivity index (χ2n) is 11.5. The number of hydrogen-bond acceptors (Lipinski definition) is 3. The summed E-state index contributed by atoms with van der Waals surface area (Å²) in [5, 5.41) is 14.1. The summed E-state index contributed by atoms with van der Waals surface area (Å²) in [4.78, 5) is 27.3. The first-order chi connectivity index (χ1) is 22.4. The average molecular weight is 672 g/mol. The van der Waals surface area contributed by atoms with Gasteiger partial charge in [0.1, 0.15) is 12.4 Å². The molecule has 5 aromatic carbocycles. The lowest BCUT2D eigenvalue weighted by Gasteiger charge is -2.19. The van der Waals surface area contributed by atoms with Gasteiger partial charge >= 0.3 is 0 Å². The fraction of sp³-hybridized carbons (Fsp3) is 0.105. The molecule has 0 bridgehead atoms. The monoisotopic (exact) mass is 670 g/mol. The van der Waals surface area contributed by atoms with Gasteiger partial charge in [-0.25, -0.2) is 0 Å². The van der Waals surface area contributed by atoms with E-state index in [1.807, 2.05) is 98.8 Å². The maximum absolute atomic E-state index is 13.7. The summed E-state index contributed by atoms with van der Waals surface area (Å²) in [5.41, 5.74) is 7.23. The zero-order chi connectivity index (χ0) is 31.8. The van der Waals surface area contributed by atoms with E-state index < -0.39 is 5.92 Å². The molecule has 2 aromatic heterocycles. The Hall–Kier alpha value is -5.34. The van der Waals surface area contributed by atoms with Crippen LogP contribution in [0.4, 0.5) is 0 Å². The number of fused-ring (bicyclic) bond motifs is 1. The quantitative estimate of drug-likeness (QED) is 0.131. The Kier molecular flexibility index (Phi) is 7.80. The van der Waals surface area contributed by atoms with Gasteiger partial charge < -0.3 is 4.74 Å². The highest BCUT2D eigenvalue weighted by Gasteiger charge is 2.31. The summed E-state index contributed by atoms with van der Waals surface area (Å²) in [6.45, 7) is 4.41. The Morgan fingerprint density at radius 3 is 1.80 bits per heavy atom. The summed E-state index contributed by atoms with van der Waals surface area (Å²) in [6.07, 6.45) is 0. The van der Waals surface area contributed by atoms with Crippen molar-refractivity contribution in [2.45, 2.75) is 26.4 Å². The molecule has 0 spiro atoms. The van der Waals surface area contributed by atoms with Crippen molar-refractivity contribution >= 4 is 26.7 Å². The molecule has 0 fully saturated rings. The highest BCUT2D eigenvalue weighted by molar-refractivity contribution is 9.10. The second-order valence-corrected chi connectivity index (χ2v) is 12.4. The summed E-state index contributed by atoms with van der Waals surface area (Å²) >= 11 is 3.73. The van der Waals surface area contributed by atoms with Gasteiger partial charge in [0.15, 0.2) is 0 Å². The maximum Gasteiger partial charge on any atom is 0.268 e. The third kappa shape index (κ3) is 5.52.